The summed E-state index contributed by atoms with van der Waals surface area (Å²) in [5.74, 6) is 2.16. The maximum Gasteiger partial charge on any atom is 0.258 e. The highest BCUT2D eigenvalue weighted by molar-refractivity contribution is 6.32. The van der Waals surface area contributed by atoms with Gasteiger partial charge in [-0.3, -0.25) is 0 Å². The standard InChI is InChI=1S/C14H15ClN2O4/c1-18-6-3-12-16-14(21-17-12)9-7-10(15)13-11(8-9)19-4-2-5-20-13/h7-8H,2-6H2,1H3. The van der Waals surface area contributed by atoms with Gasteiger partial charge in [0.05, 0.1) is 24.8 Å². The molecule has 1 aliphatic rings. The molecule has 1 aliphatic heterocycles. The van der Waals surface area contributed by atoms with Crippen molar-refractivity contribution < 1.29 is 18.7 Å². The lowest BCUT2D eigenvalue weighted by Crippen LogP contribution is -1.97. The van der Waals surface area contributed by atoms with Gasteiger partial charge in [-0.05, 0) is 12.1 Å². The first-order valence-electron chi connectivity index (χ1n) is 6.69. The molecule has 0 aliphatic carbocycles. The van der Waals surface area contributed by atoms with Crippen LogP contribution in [0.5, 0.6) is 11.5 Å². The summed E-state index contributed by atoms with van der Waals surface area (Å²) in [6, 6.07) is 3.54. The van der Waals surface area contributed by atoms with Gasteiger partial charge in [0, 0.05) is 25.5 Å². The van der Waals surface area contributed by atoms with Gasteiger partial charge in [-0.2, -0.15) is 4.98 Å². The number of methoxy groups -OCH3 is 1. The van der Waals surface area contributed by atoms with Crippen LogP contribution in [0.2, 0.25) is 5.02 Å². The van der Waals surface area contributed by atoms with Crippen LogP contribution in [0.3, 0.4) is 0 Å². The number of hydrogen-bond donors (Lipinski definition) is 0. The topological polar surface area (TPSA) is 66.6 Å². The van der Waals surface area contributed by atoms with Crippen LogP contribution in [0.25, 0.3) is 11.5 Å². The van der Waals surface area contributed by atoms with E-state index in [9.17, 15) is 0 Å². The number of rotatable bonds is 4. The lowest BCUT2D eigenvalue weighted by Gasteiger charge is -2.09. The highest BCUT2D eigenvalue weighted by atomic mass is 35.5. The number of hydrogen-bond acceptors (Lipinski definition) is 6. The number of benzene rings is 1. The van der Waals surface area contributed by atoms with Gasteiger partial charge in [0.2, 0.25) is 0 Å². The van der Waals surface area contributed by atoms with Gasteiger partial charge in [-0.15, -0.1) is 0 Å². The van der Waals surface area contributed by atoms with Crippen LogP contribution in [0.4, 0.5) is 0 Å². The van der Waals surface area contributed by atoms with Gasteiger partial charge in [0.1, 0.15) is 0 Å². The predicted molar refractivity (Wildman–Crippen MR) is 75.9 cm³/mol. The van der Waals surface area contributed by atoms with Crippen molar-refractivity contribution in [2.75, 3.05) is 26.9 Å². The molecule has 2 aromatic rings. The molecular weight excluding hydrogens is 296 g/mol. The minimum atomic E-state index is 0.402. The molecule has 0 atom stereocenters. The summed E-state index contributed by atoms with van der Waals surface area (Å²) in [4.78, 5) is 4.32. The van der Waals surface area contributed by atoms with E-state index in [1.165, 1.54) is 0 Å². The van der Waals surface area contributed by atoms with Crippen molar-refractivity contribution in [1.82, 2.24) is 10.1 Å². The minimum absolute atomic E-state index is 0.402. The number of ether oxygens (including phenoxy) is 3. The first kappa shape index (κ1) is 14.2. The second kappa shape index (κ2) is 6.32. The number of halogens is 1. The second-order valence-electron chi connectivity index (χ2n) is 4.59. The molecule has 0 fully saturated rings. The fourth-order valence-corrected chi connectivity index (χ4v) is 2.29. The van der Waals surface area contributed by atoms with Crippen molar-refractivity contribution >= 4 is 11.6 Å². The Labute approximate surface area is 127 Å². The van der Waals surface area contributed by atoms with E-state index in [4.69, 9.17) is 30.3 Å². The monoisotopic (exact) mass is 310 g/mol. The van der Waals surface area contributed by atoms with Crippen molar-refractivity contribution in [3.05, 3.63) is 23.0 Å². The van der Waals surface area contributed by atoms with E-state index >= 15 is 0 Å². The quantitative estimate of drug-likeness (QED) is 0.865. The highest BCUT2D eigenvalue weighted by Gasteiger charge is 2.18. The van der Waals surface area contributed by atoms with Crippen LogP contribution >= 0.6 is 11.6 Å². The molecule has 0 bridgehead atoms. The largest absolute Gasteiger partial charge is 0.489 e. The zero-order valence-corrected chi connectivity index (χ0v) is 12.4. The lowest BCUT2D eigenvalue weighted by molar-refractivity contribution is 0.199. The molecule has 0 radical (unpaired) electrons. The molecule has 3 rings (SSSR count). The number of fused-ring (bicyclic) bond motifs is 1. The van der Waals surface area contributed by atoms with Crippen LogP contribution in [0.15, 0.2) is 16.7 Å². The first-order chi connectivity index (χ1) is 10.3. The molecule has 0 N–H and O–H groups in total. The van der Waals surface area contributed by atoms with Crippen LogP contribution < -0.4 is 9.47 Å². The summed E-state index contributed by atoms with van der Waals surface area (Å²) in [5.41, 5.74) is 0.709. The van der Waals surface area contributed by atoms with Gasteiger partial charge in [0.25, 0.3) is 5.89 Å². The second-order valence-corrected chi connectivity index (χ2v) is 5.00. The summed E-state index contributed by atoms with van der Waals surface area (Å²) in [7, 11) is 1.63. The van der Waals surface area contributed by atoms with E-state index in [1.54, 1.807) is 19.2 Å². The Morgan fingerprint density at radius 3 is 3.00 bits per heavy atom. The number of nitrogens with zero attached hydrogens (tertiary/aromatic N) is 2. The molecule has 0 saturated carbocycles. The van der Waals surface area contributed by atoms with Gasteiger partial charge in [-0.1, -0.05) is 16.8 Å². The zero-order valence-electron chi connectivity index (χ0n) is 11.6. The SMILES string of the molecule is COCCc1noc(-c2cc(Cl)c3c(c2)OCCCO3)n1. The Morgan fingerprint density at radius 1 is 1.29 bits per heavy atom. The van der Waals surface area contributed by atoms with Crippen LogP contribution in [0.1, 0.15) is 12.2 Å². The Bertz CT molecular complexity index is 629. The molecule has 112 valence electrons. The third kappa shape index (κ3) is 3.11. The Hall–Kier alpha value is -1.79. The molecule has 2 heterocycles. The van der Waals surface area contributed by atoms with E-state index in [-0.39, 0.29) is 0 Å². The molecule has 0 unspecified atom stereocenters. The van der Waals surface area contributed by atoms with Crippen molar-refractivity contribution in [2.45, 2.75) is 12.8 Å². The minimum Gasteiger partial charge on any atom is -0.489 e. The Kier molecular flexibility index (Phi) is 4.26. The maximum atomic E-state index is 6.25. The van der Waals surface area contributed by atoms with Crippen molar-refractivity contribution in [2.24, 2.45) is 0 Å². The third-order valence-corrected chi connectivity index (χ3v) is 3.33. The molecular formula is C14H15ClN2O4. The maximum absolute atomic E-state index is 6.25. The normalized spacial score (nSPS) is 14.0. The molecule has 0 spiro atoms. The molecule has 7 heteroatoms. The van der Waals surface area contributed by atoms with Crippen LogP contribution in [-0.2, 0) is 11.2 Å². The molecule has 1 aromatic heterocycles. The average Bonchev–Trinajstić information content (AvgIpc) is 2.82. The van der Waals surface area contributed by atoms with E-state index < -0.39 is 0 Å². The first-order valence-corrected chi connectivity index (χ1v) is 7.07. The summed E-state index contributed by atoms with van der Waals surface area (Å²) in [6.45, 7) is 1.73. The van der Waals surface area contributed by atoms with Gasteiger partial charge >= 0.3 is 0 Å². The Morgan fingerprint density at radius 2 is 2.14 bits per heavy atom. The highest BCUT2D eigenvalue weighted by Crippen LogP contribution is 2.40. The smallest absolute Gasteiger partial charge is 0.258 e. The molecule has 0 amide bonds. The van der Waals surface area contributed by atoms with Gasteiger partial charge in [0.15, 0.2) is 17.3 Å². The summed E-state index contributed by atoms with van der Waals surface area (Å²) in [5, 5.41) is 4.38. The predicted octanol–water partition coefficient (Wildman–Crippen LogP) is 2.74. The van der Waals surface area contributed by atoms with Crippen molar-refractivity contribution in [3.8, 4) is 23.0 Å². The zero-order chi connectivity index (χ0) is 14.7. The molecule has 6 nitrogen and oxygen atoms in total. The molecule has 1 aromatic carbocycles. The average molecular weight is 311 g/mol. The molecule has 21 heavy (non-hydrogen) atoms. The summed E-state index contributed by atoms with van der Waals surface area (Å²) < 4.78 is 21.5. The van der Waals surface area contributed by atoms with Gasteiger partial charge in [-0.25, -0.2) is 0 Å². The fraction of sp³-hybridized carbons (Fsp3) is 0.429. The van der Waals surface area contributed by atoms with Crippen molar-refractivity contribution in [1.29, 1.82) is 0 Å². The number of aromatic nitrogens is 2. The third-order valence-electron chi connectivity index (χ3n) is 3.05. The van der Waals surface area contributed by atoms with E-state index in [1.807, 2.05) is 0 Å². The van der Waals surface area contributed by atoms with E-state index in [0.717, 1.165) is 6.42 Å². The van der Waals surface area contributed by atoms with Gasteiger partial charge < -0.3 is 18.7 Å². The molecule has 0 saturated heterocycles. The van der Waals surface area contributed by atoms with Crippen LogP contribution in [0, 0.1) is 0 Å². The Balaban J connectivity index is 1.90. The summed E-state index contributed by atoms with van der Waals surface area (Å²) >= 11 is 6.25. The fourth-order valence-electron chi connectivity index (χ4n) is 2.02. The van der Waals surface area contributed by atoms with E-state index in [0.29, 0.717) is 60.0 Å². The van der Waals surface area contributed by atoms with E-state index in [2.05, 4.69) is 10.1 Å². The van der Waals surface area contributed by atoms with Crippen molar-refractivity contribution in [3.63, 3.8) is 0 Å². The summed E-state index contributed by atoms with van der Waals surface area (Å²) in [6.07, 6.45) is 1.42. The lowest BCUT2D eigenvalue weighted by atomic mass is 10.2. The van der Waals surface area contributed by atoms with Crippen LogP contribution in [-0.4, -0.2) is 37.1 Å².